The third kappa shape index (κ3) is 3.02. The monoisotopic (exact) mass is 196 g/mol. The number of hydrogen-bond donors (Lipinski definition) is 0. The molecule has 0 amide bonds. The summed E-state index contributed by atoms with van der Waals surface area (Å²) in [6.45, 7) is 4.39. The van der Waals surface area contributed by atoms with Crippen molar-refractivity contribution >= 4 is 0 Å². The van der Waals surface area contributed by atoms with Crippen molar-refractivity contribution in [3.63, 3.8) is 0 Å². The van der Waals surface area contributed by atoms with Crippen LogP contribution < -0.4 is 4.74 Å². The standard InChI is InChI=1S/C12H17FO/c1-10(2)11-6-3-4-7-12(11)14-9-5-8-13/h3-4,6-7,10H,5,8-9H2,1-2H3. The summed E-state index contributed by atoms with van der Waals surface area (Å²) >= 11 is 0. The fraction of sp³-hybridized carbons (Fsp3) is 0.500. The summed E-state index contributed by atoms with van der Waals surface area (Å²) < 4.78 is 17.4. The largest absolute Gasteiger partial charge is 0.493 e. The van der Waals surface area contributed by atoms with Crippen molar-refractivity contribution in [3.05, 3.63) is 29.8 Å². The maximum Gasteiger partial charge on any atom is 0.122 e. The first-order valence-corrected chi connectivity index (χ1v) is 5.03. The molecule has 0 saturated carbocycles. The van der Waals surface area contributed by atoms with Crippen molar-refractivity contribution in [1.82, 2.24) is 0 Å². The lowest BCUT2D eigenvalue weighted by molar-refractivity contribution is 0.286. The Bertz CT molecular complexity index is 271. The molecule has 0 radical (unpaired) electrons. The molecule has 0 aromatic heterocycles. The van der Waals surface area contributed by atoms with Crippen LogP contribution in [0.4, 0.5) is 4.39 Å². The van der Waals surface area contributed by atoms with E-state index in [4.69, 9.17) is 4.74 Å². The summed E-state index contributed by atoms with van der Waals surface area (Å²) in [4.78, 5) is 0. The van der Waals surface area contributed by atoms with Gasteiger partial charge in [0.25, 0.3) is 0 Å². The normalized spacial score (nSPS) is 10.6. The summed E-state index contributed by atoms with van der Waals surface area (Å²) in [6, 6.07) is 7.93. The molecule has 0 spiro atoms. The van der Waals surface area contributed by atoms with Crippen LogP contribution >= 0.6 is 0 Å². The second-order valence-corrected chi connectivity index (χ2v) is 3.58. The highest BCUT2D eigenvalue weighted by Crippen LogP contribution is 2.25. The highest BCUT2D eigenvalue weighted by atomic mass is 19.1. The van der Waals surface area contributed by atoms with E-state index in [0.717, 1.165) is 5.75 Å². The predicted octanol–water partition coefficient (Wildman–Crippen LogP) is 3.55. The number of ether oxygens (including phenoxy) is 1. The molecule has 1 nitrogen and oxygen atoms in total. The molecule has 0 N–H and O–H groups in total. The van der Waals surface area contributed by atoms with Crippen LogP contribution in [-0.4, -0.2) is 13.3 Å². The molecular formula is C12H17FO. The molecule has 1 aromatic rings. The molecule has 0 aliphatic heterocycles. The summed E-state index contributed by atoms with van der Waals surface area (Å²) in [5.41, 5.74) is 1.19. The van der Waals surface area contributed by atoms with Crippen LogP contribution in [0.5, 0.6) is 5.75 Å². The second kappa shape index (κ2) is 5.63. The fourth-order valence-electron chi connectivity index (χ4n) is 1.33. The van der Waals surface area contributed by atoms with E-state index in [9.17, 15) is 4.39 Å². The molecule has 0 saturated heterocycles. The first kappa shape index (κ1) is 11.0. The summed E-state index contributed by atoms with van der Waals surface area (Å²) in [5.74, 6) is 1.33. The van der Waals surface area contributed by atoms with E-state index in [-0.39, 0.29) is 6.67 Å². The lowest BCUT2D eigenvalue weighted by atomic mass is 10.0. The van der Waals surface area contributed by atoms with Gasteiger partial charge in [-0.15, -0.1) is 0 Å². The molecule has 0 atom stereocenters. The van der Waals surface area contributed by atoms with Crippen LogP contribution in [0.2, 0.25) is 0 Å². The zero-order valence-corrected chi connectivity index (χ0v) is 8.79. The molecule has 0 aliphatic rings. The first-order chi connectivity index (χ1) is 6.75. The molecule has 14 heavy (non-hydrogen) atoms. The van der Waals surface area contributed by atoms with Crippen molar-refractivity contribution in [2.75, 3.05) is 13.3 Å². The molecule has 0 bridgehead atoms. The molecule has 1 rings (SSSR count). The van der Waals surface area contributed by atoms with Gasteiger partial charge in [-0.1, -0.05) is 32.0 Å². The van der Waals surface area contributed by atoms with Gasteiger partial charge >= 0.3 is 0 Å². The van der Waals surface area contributed by atoms with Crippen LogP contribution in [0.3, 0.4) is 0 Å². The Hall–Kier alpha value is -1.05. The Balaban J connectivity index is 2.64. The summed E-state index contributed by atoms with van der Waals surface area (Å²) in [7, 11) is 0. The van der Waals surface area contributed by atoms with Gasteiger partial charge in [-0.3, -0.25) is 4.39 Å². The van der Waals surface area contributed by atoms with Gasteiger partial charge in [-0.05, 0) is 17.5 Å². The van der Waals surface area contributed by atoms with Crippen LogP contribution in [0.25, 0.3) is 0 Å². The van der Waals surface area contributed by atoms with Gasteiger partial charge in [0.1, 0.15) is 5.75 Å². The Labute approximate surface area is 84.9 Å². The van der Waals surface area contributed by atoms with Crippen molar-refractivity contribution in [2.24, 2.45) is 0 Å². The molecule has 0 heterocycles. The number of para-hydroxylation sites is 1. The maximum absolute atomic E-state index is 11.9. The predicted molar refractivity (Wildman–Crippen MR) is 56.6 cm³/mol. The van der Waals surface area contributed by atoms with Gasteiger partial charge in [-0.2, -0.15) is 0 Å². The number of benzene rings is 1. The SMILES string of the molecule is CC(C)c1ccccc1OCCCF. The van der Waals surface area contributed by atoms with Crippen molar-refractivity contribution in [1.29, 1.82) is 0 Å². The lowest BCUT2D eigenvalue weighted by Gasteiger charge is -2.12. The molecule has 78 valence electrons. The number of rotatable bonds is 5. The third-order valence-corrected chi connectivity index (χ3v) is 2.08. The van der Waals surface area contributed by atoms with E-state index in [0.29, 0.717) is 18.9 Å². The van der Waals surface area contributed by atoms with E-state index in [1.807, 2.05) is 18.2 Å². The van der Waals surface area contributed by atoms with Gasteiger partial charge in [0.05, 0.1) is 13.3 Å². The Kier molecular flexibility index (Phi) is 4.44. The van der Waals surface area contributed by atoms with Crippen LogP contribution in [-0.2, 0) is 0 Å². The average molecular weight is 196 g/mol. The molecule has 0 unspecified atom stereocenters. The smallest absolute Gasteiger partial charge is 0.122 e. The minimum atomic E-state index is -0.316. The minimum absolute atomic E-state index is 0.316. The first-order valence-electron chi connectivity index (χ1n) is 5.03. The van der Waals surface area contributed by atoms with Gasteiger partial charge in [-0.25, -0.2) is 0 Å². The van der Waals surface area contributed by atoms with E-state index in [1.54, 1.807) is 0 Å². The zero-order valence-electron chi connectivity index (χ0n) is 8.79. The van der Waals surface area contributed by atoms with Crippen LogP contribution in [0.15, 0.2) is 24.3 Å². The van der Waals surface area contributed by atoms with Crippen LogP contribution in [0.1, 0.15) is 31.7 Å². The third-order valence-electron chi connectivity index (χ3n) is 2.08. The van der Waals surface area contributed by atoms with Gasteiger partial charge in [0.2, 0.25) is 0 Å². The van der Waals surface area contributed by atoms with Gasteiger partial charge in [0.15, 0.2) is 0 Å². The van der Waals surface area contributed by atoms with E-state index in [2.05, 4.69) is 19.9 Å². The highest BCUT2D eigenvalue weighted by molar-refractivity contribution is 5.35. The highest BCUT2D eigenvalue weighted by Gasteiger charge is 2.05. The van der Waals surface area contributed by atoms with Gasteiger partial charge in [0, 0.05) is 6.42 Å². The van der Waals surface area contributed by atoms with Crippen molar-refractivity contribution in [2.45, 2.75) is 26.2 Å². The van der Waals surface area contributed by atoms with Crippen molar-refractivity contribution in [3.8, 4) is 5.75 Å². The Morgan fingerprint density at radius 3 is 2.64 bits per heavy atom. The maximum atomic E-state index is 11.9. The van der Waals surface area contributed by atoms with Gasteiger partial charge < -0.3 is 4.74 Å². The van der Waals surface area contributed by atoms with E-state index in [1.165, 1.54) is 5.56 Å². The van der Waals surface area contributed by atoms with Crippen molar-refractivity contribution < 1.29 is 9.13 Å². The average Bonchev–Trinajstić information content (AvgIpc) is 2.19. The summed E-state index contributed by atoms with van der Waals surface area (Å²) in [6.07, 6.45) is 0.465. The molecule has 2 heteroatoms. The minimum Gasteiger partial charge on any atom is -0.493 e. The summed E-state index contributed by atoms with van der Waals surface area (Å²) in [5, 5.41) is 0. The van der Waals surface area contributed by atoms with E-state index >= 15 is 0 Å². The number of hydrogen-bond acceptors (Lipinski definition) is 1. The number of alkyl halides is 1. The fourth-order valence-corrected chi connectivity index (χ4v) is 1.33. The molecule has 0 aliphatic carbocycles. The van der Waals surface area contributed by atoms with E-state index < -0.39 is 0 Å². The second-order valence-electron chi connectivity index (χ2n) is 3.58. The molecular weight excluding hydrogens is 179 g/mol. The topological polar surface area (TPSA) is 9.23 Å². The quantitative estimate of drug-likeness (QED) is 0.654. The zero-order chi connectivity index (χ0) is 10.4. The molecule has 1 aromatic carbocycles. The number of halogens is 1. The lowest BCUT2D eigenvalue weighted by Crippen LogP contribution is -2.01. The Morgan fingerprint density at radius 1 is 1.29 bits per heavy atom. The Morgan fingerprint density at radius 2 is 2.00 bits per heavy atom. The molecule has 0 fully saturated rings. The van der Waals surface area contributed by atoms with Crippen LogP contribution in [0, 0.1) is 0 Å².